The average Bonchev–Trinajstić information content (AvgIpc) is 2.79. The van der Waals surface area contributed by atoms with E-state index in [1.54, 1.807) is 10.9 Å². The Morgan fingerprint density at radius 1 is 1.21 bits per heavy atom. The Morgan fingerprint density at radius 2 is 1.89 bits per heavy atom. The molecule has 0 atom stereocenters. The van der Waals surface area contributed by atoms with Crippen molar-refractivity contribution in [3.63, 3.8) is 0 Å². The van der Waals surface area contributed by atoms with Gasteiger partial charge in [0.25, 0.3) is 0 Å². The summed E-state index contributed by atoms with van der Waals surface area (Å²) in [6.07, 6.45) is 1.73. The lowest BCUT2D eigenvalue weighted by molar-refractivity contribution is 0.527. The van der Waals surface area contributed by atoms with Gasteiger partial charge in [-0.2, -0.15) is 5.10 Å². The van der Waals surface area contributed by atoms with E-state index >= 15 is 0 Å². The fourth-order valence-electron chi connectivity index (χ4n) is 1.74. The molecule has 0 amide bonds. The van der Waals surface area contributed by atoms with Crippen molar-refractivity contribution in [2.24, 2.45) is 0 Å². The van der Waals surface area contributed by atoms with Gasteiger partial charge in [-0.3, -0.25) is 4.68 Å². The SMILES string of the molecule is CC(C)NCc1ccn(Cc2c(F)cccc2F)n1. The highest BCUT2D eigenvalue weighted by Gasteiger charge is 2.09. The number of aromatic nitrogens is 2. The molecule has 0 aliphatic heterocycles. The summed E-state index contributed by atoms with van der Waals surface area (Å²) in [5.41, 5.74) is 0.888. The predicted molar refractivity (Wildman–Crippen MR) is 69.7 cm³/mol. The number of benzene rings is 1. The van der Waals surface area contributed by atoms with E-state index in [0.717, 1.165) is 5.69 Å². The largest absolute Gasteiger partial charge is 0.309 e. The molecule has 1 aromatic heterocycles. The summed E-state index contributed by atoms with van der Waals surface area (Å²) in [6.45, 7) is 4.84. The van der Waals surface area contributed by atoms with Crippen LogP contribution in [0, 0.1) is 11.6 Å². The van der Waals surface area contributed by atoms with Gasteiger partial charge in [-0.1, -0.05) is 19.9 Å². The maximum atomic E-state index is 13.5. The molecule has 0 aliphatic rings. The smallest absolute Gasteiger partial charge is 0.131 e. The molecule has 1 aromatic carbocycles. The van der Waals surface area contributed by atoms with Gasteiger partial charge < -0.3 is 5.32 Å². The minimum atomic E-state index is -0.544. The third-order valence-corrected chi connectivity index (χ3v) is 2.77. The van der Waals surface area contributed by atoms with Crippen LogP contribution in [-0.4, -0.2) is 15.8 Å². The molecule has 3 nitrogen and oxygen atoms in total. The average molecular weight is 265 g/mol. The molecule has 1 N–H and O–H groups in total. The number of hydrogen-bond donors (Lipinski definition) is 1. The highest BCUT2D eigenvalue weighted by Crippen LogP contribution is 2.13. The van der Waals surface area contributed by atoms with Crippen molar-refractivity contribution in [2.75, 3.05) is 0 Å². The number of halogens is 2. The molecular formula is C14H17F2N3. The van der Waals surface area contributed by atoms with Crippen LogP contribution in [0.25, 0.3) is 0 Å². The summed E-state index contributed by atoms with van der Waals surface area (Å²) in [5, 5.41) is 7.52. The minimum Gasteiger partial charge on any atom is -0.309 e. The quantitative estimate of drug-likeness (QED) is 0.900. The van der Waals surface area contributed by atoms with E-state index in [-0.39, 0.29) is 12.1 Å². The Kier molecular flexibility index (Phi) is 4.27. The van der Waals surface area contributed by atoms with E-state index in [0.29, 0.717) is 12.6 Å². The molecule has 5 heteroatoms. The molecule has 0 saturated carbocycles. The normalized spacial score (nSPS) is 11.2. The summed E-state index contributed by atoms with van der Waals surface area (Å²) < 4.78 is 28.5. The summed E-state index contributed by atoms with van der Waals surface area (Å²) in [7, 11) is 0. The van der Waals surface area contributed by atoms with Crippen LogP contribution in [0.15, 0.2) is 30.5 Å². The Labute approximate surface area is 111 Å². The Morgan fingerprint density at radius 3 is 2.53 bits per heavy atom. The fourth-order valence-corrected chi connectivity index (χ4v) is 1.74. The molecule has 0 spiro atoms. The third-order valence-electron chi connectivity index (χ3n) is 2.77. The van der Waals surface area contributed by atoms with E-state index in [9.17, 15) is 8.78 Å². The minimum absolute atomic E-state index is 0.0361. The maximum absolute atomic E-state index is 13.5. The van der Waals surface area contributed by atoms with Gasteiger partial charge in [-0.05, 0) is 18.2 Å². The molecule has 0 bridgehead atoms. The van der Waals surface area contributed by atoms with Crippen molar-refractivity contribution in [1.82, 2.24) is 15.1 Å². The van der Waals surface area contributed by atoms with Crippen LogP contribution in [0.2, 0.25) is 0 Å². The first-order valence-electron chi connectivity index (χ1n) is 6.25. The van der Waals surface area contributed by atoms with Crippen LogP contribution in [-0.2, 0) is 13.1 Å². The first-order valence-corrected chi connectivity index (χ1v) is 6.25. The van der Waals surface area contributed by atoms with E-state index in [1.807, 2.05) is 19.9 Å². The van der Waals surface area contributed by atoms with Gasteiger partial charge in [0.2, 0.25) is 0 Å². The van der Waals surface area contributed by atoms with E-state index < -0.39 is 11.6 Å². The van der Waals surface area contributed by atoms with Crippen molar-refractivity contribution in [3.8, 4) is 0 Å². The van der Waals surface area contributed by atoms with Crippen LogP contribution in [0.1, 0.15) is 25.1 Å². The lowest BCUT2D eigenvalue weighted by Crippen LogP contribution is -2.22. The number of hydrogen-bond acceptors (Lipinski definition) is 2. The Balaban J connectivity index is 2.07. The van der Waals surface area contributed by atoms with Crippen LogP contribution in [0.5, 0.6) is 0 Å². The second-order valence-electron chi connectivity index (χ2n) is 4.74. The first-order chi connectivity index (χ1) is 9.06. The third kappa shape index (κ3) is 3.61. The predicted octanol–water partition coefficient (Wildman–Crippen LogP) is 2.71. The molecule has 0 radical (unpaired) electrons. The highest BCUT2D eigenvalue weighted by molar-refractivity contribution is 5.20. The van der Waals surface area contributed by atoms with Crippen LogP contribution >= 0.6 is 0 Å². The molecule has 0 aliphatic carbocycles. The number of rotatable bonds is 5. The first kappa shape index (κ1) is 13.7. The van der Waals surface area contributed by atoms with Crippen molar-refractivity contribution in [3.05, 3.63) is 53.4 Å². The van der Waals surface area contributed by atoms with Crippen molar-refractivity contribution in [1.29, 1.82) is 0 Å². The Hall–Kier alpha value is -1.75. The van der Waals surface area contributed by atoms with Gasteiger partial charge in [0.15, 0.2) is 0 Å². The molecule has 102 valence electrons. The summed E-state index contributed by atoms with van der Waals surface area (Å²) in [6, 6.07) is 6.07. The van der Waals surface area contributed by atoms with Gasteiger partial charge in [0.05, 0.1) is 12.2 Å². The fraction of sp³-hybridized carbons (Fsp3) is 0.357. The molecule has 19 heavy (non-hydrogen) atoms. The zero-order valence-corrected chi connectivity index (χ0v) is 11.0. The van der Waals surface area contributed by atoms with Gasteiger partial charge in [0.1, 0.15) is 11.6 Å². The van der Waals surface area contributed by atoms with Crippen LogP contribution < -0.4 is 5.32 Å². The highest BCUT2D eigenvalue weighted by atomic mass is 19.1. The zero-order chi connectivity index (χ0) is 13.8. The van der Waals surface area contributed by atoms with Crippen LogP contribution in [0.3, 0.4) is 0 Å². The van der Waals surface area contributed by atoms with Gasteiger partial charge in [-0.15, -0.1) is 0 Å². The topological polar surface area (TPSA) is 29.9 Å². The molecule has 0 unspecified atom stereocenters. The van der Waals surface area contributed by atoms with Gasteiger partial charge in [0, 0.05) is 24.3 Å². The van der Waals surface area contributed by atoms with Crippen molar-refractivity contribution >= 4 is 0 Å². The zero-order valence-electron chi connectivity index (χ0n) is 11.0. The second-order valence-corrected chi connectivity index (χ2v) is 4.74. The van der Waals surface area contributed by atoms with Gasteiger partial charge >= 0.3 is 0 Å². The molecule has 1 heterocycles. The molecule has 2 rings (SSSR count). The monoisotopic (exact) mass is 265 g/mol. The van der Waals surface area contributed by atoms with E-state index in [2.05, 4.69) is 10.4 Å². The maximum Gasteiger partial charge on any atom is 0.131 e. The second kappa shape index (κ2) is 5.93. The van der Waals surface area contributed by atoms with Gasteiger partial charge in [-0.25, -0.2) is 8.78 Å². The standard InChI is InChI=1S/C14H17F2N3/c1-10(2)17-8-11-6-7-19(18-11)9-12-13(15)4-3-5-14(12)16/h3-7,10,17H,8-9H2,1-2H3. The van der Waals surface area contributed by atoms with E-state index in [1.165, 1.54) is 18.2 Å². The van der Waals surface area contributed by atoms with Crippen molar-refractivity contribution < 1.29 is 8.78 Å². The molecule has 0 fully saturated rings. The Bertz CT molecular complexity index is 529. The molecule has 2 aromatic rings. The number of nitrogens with zero attached hydrogens (tertiary/aromatic N) is 2. The van der Waals surface area contributed by atoms with Crippen LogP contribution in [0.4, 0.5) is 8.78 Å². The lowest BCUT2D eigenvalue weighted by atomic mass is 10.2. The summed E-state index contributed by atoms with van der Waals surface area (Å²) in [4.78, 5) is 0. The summed E-state index contributed by atoms with van der Waals surface area (Å²) in [5.74, 6) is -1.09. The molecule has 0 saturated heterocycles. The summed E-state index contributed by atoms with van der Waals surface area (Å²) >= 11 is 0. The lowest BCUT2D eigenvalue weighted by Gasteiger charge is -2.06. The molecular weight excluding hydrogens is 248 g/mol. The number of nitrogens with one attached hydrogen (secondary N) is 1. The van der Waals surface area contributed by atoms with E-state index in [4.69, 9.17) is 0 Å². The van der Waals surface area contributed by atoms with Crippen molar-refractivity contribution in [2.45, 2.75) is 33.0 Å².